The minimum atomic E-state index is -0.332. The number of ether oxygens (including phenoxy) is 2. The summed E-state index contributed by atoms with van der Waals surface area (Å²) in [6.45, 7) is 1.62. The van der Waals surface area contributed by atoms with Crippen molar-refractivity contribution in [3.63, 3.8) is 0 Å². The van der Waals surface area contributed by atoms with Crippen molar-refractivity contribution in [2.24, 2.45) is 5.92 Å². The van der Waals surface area contributed by atoms with E-state index in [1.165, 1.54) is 0 Å². The lowest BCUT2D eigenvalue weighted by Gasteiger charge is -2.11. The van der Waals surface area contributed by atoms with Gasteiger partial charge in [-0.15, -0.1) is 0 Å². The SMILES string of the molecule is CN1CC(COC(=O)c2ccc3c(c2)CCO3)CC1=O. The van der Waals surface area contributed by atoms with Crippen LogP contribution < -0.4 is 4.74 Å². The summed E-state index contributed by atoms with van der Waals surface area (Å²) >= 11 is 0. The van der Waals surface area contributed by atoms with Crippen LogP contribution in [0.4, 0.5) is 0 Å². The van der Waals surface area contributed by atoms with Crippen molar-refractivity contribution in [2.45, 2.75) is 12.8 Å². The number of esters is 1. The Hall–Kier alpha value is -2.04. The van der Waals surface area contributed by atoms with Crippen LogP contribution in [0.25, 0.3) is 0 Å². The first-order chi connectivity index (χ1) is 9.63. The van der Waals surface area contributed by atoms with Gasteiger partial charge < -0.3 is 14.4 Å². The number of fused-ring (bicyclic) bond motifs is 1. The Morgan fingerprint density at radius 2 is 2.35 bits per heavy atom. The first kappa shape index (κ1) is 13.0. The lowest BCUT2D eigenvalue weighted by Crippen LogP contribution is -2.20. The first-order valence-electron chi connectivity index (χ1n) is 6.80. The maximum absolute atomic E-state index is 12.0. The quantitative estimate of drug-likeness (QED) is 0.779. The Labute approximate surface area is 117 Å². The summed E-state index contributed by atoms with van der Waals surface area (Å²) < 4.78 is 10.7. The Kier molecular flexibility index (Phi) is 3.34. The molecule has 0 N–H and O–H groups in total. The fourth-order valence-corrected chi connectivity index (χ4v) is 2.66. The third kappa shape index (κ3) is 2.48. The molecular weight excluding hydrogens is 258 g/mol. The molecule has 1 saturated heterocycles. The largest absolute Gasteiger partial charge is 0.493 e. The molecule has 1 fully saturated rings. The number of rotatable bonds is 3. The minimum absolute atomic E-state index is 0.106. The van der Waals surface area contributed by atoms with Gasteiger partial charge in [0.05, 0.1) is 18.8 Å². The molecule has 20 heavy (non-hydrogen) atoms. The van der Waals surface area contributed by atoms with Gasteiger partial charge in [-0.2, -0.15) is 0 Å². The van der Waals surface area contributed by atoms with Gasteiger partial charge in [0.2, 0.25) is 5.91 Å². The molecule has 5 heteroatoms. The molecule has 2 heterocycles. The third-order valence-corrected chi connectivity index (χ3v) is 3.80. The van der Waals surface area contributed by atoms with Crippen molar-refractivity contribution >= 4 is 11.9 Å². The number of likely N-dealkylation sites (tertiary alicyclic amines) is 1. The molecule has 1 unspecified atom stereocenters. The highest BCUT2D eigenvalue weighted by Gasteiger charge is 2.28. The fraction of sp³-hybridized carbons (Fsp3) is 0.467. The number of amides is 1. The van der Waals surface area contributed by atoms with Crippen LogP contribution in [0, 0.1) is 5.92 Å². The van der Waals surface area contributed by atoms with Crippen LogP contribution in [0.1, 0.15) is 22.3 Å². The Morgan fingerprint density at radius 1 is 1.50 bits per heavy atom. The second-order valence-electron chi connectivity index (χ2n) is 5.36. The van der Waals surface area contributed by atoms with Gasteiger partial charge >= 0.3 is 5.97 Å². The highest BCUT2D eigenvalue weighted by atomic mass is 16.5. The maximum atomic E-state index is 12.0. The molecule has 1 atom stereocenters. The topological polar surface area (TPSA) is 55.8 Å². The van der Waals surface area contributed by atoms with E-state index < -0.39 is 0 Å². The van der Waals surface area contributed by atoms with Crippen LogP contribution >= 0.6 is 0 Å². The summed E-state index contributed by atoms with van der Waals surface area (Å²) in [7, 11) is 1.77. The average molecular weight is 275 g/mol. The zero-order valence-corrected chi connectivity index (χ0v) is 11.4. The van der Waals surface area contributed by atoms with E-state index in [-0.39, 0.29) is 17.8 Å². The molecule has 5 nitrogen and oxygen atoms in total. The smallest absolute Gasteiger partial charge is 0.338 e. The molecule has 0 radical (unpaired) electrons. The highest BCUT2D eigenvalue weighted by Crippen LogP contribution is 2.26. The maximum Gasteiger partial charge on any atom is 0.338 e. The van der Waals surface area contributed by atoms with Gasteiger partial charge in [-0.1, -0.05) is 0 Å². The molecule has 0 bridgehead atoms. The van der Waals surface area contributed by atoms with Gasteiger partial charge in [-0.3, -0.25) is 4.79 Å². The lowest BCUT2D eigenvalue weighted by molar-refractivity contribution is -0.126. The minimum Gasteiger partial charge on any atom is -0.493 e. The number of nitrogens with zero attached hydrogens (tertiary/aromatic N) is 1. The molecule has 0 aromatic heterocycles. The van der Waals surface area contributed by atoms with Crippen LogP contribution in [-0.4, -0.2) is 43.6 Å². The number of carbonyl (C=O) groups is 2. The Bertz CT molecular complexity index is 555. The number of benzene rings is 1. The summed E-state index contributed by atoms with van der Waals surface area (Å²) in [5.41, 5.74) is 1.60. The zero-order chi connectivity index (χ0) is 14.1. The van der Waals surface area contributed by atoms with E-state index in [4.69, 9.17) is 9.47 Å². The fourth-order valence-electron chi connectivity index (χ4n) is 2.66. The van der Waals surface area contributed by atoms with Crippen molar-refractivity contribution in [1.29, 1.82) is 0 Å². The average Bonchev–Trinajstić information content (AvgIpc) is 3.02. The molecule has 2 aliphatic rings. The van der Waals surface area contributed by atoms with E-state index >= 15 is 0 Å². The predicted molar refractivity (Wildman–Crippen MR) is 71.7 cm³/mol. The molecule has 3 rings (SSSR count). The molecule has 106 valence electrons. The second kappa shape index (κ2) is 5.15. The Morgan fingerprint density at radius 3 is 3.10 bits per heavy atom. The summed E-state index contributed by atoms with van der Waals surface area (Å²) in [6, 6.07) is 5.36. The van der Waals surface area contributed by atoms with E-state index in [9.17, 15) is 9.59 Å². The molecule has 0 spiro atoms. The molecule has 2 aliphatic heterocycles. The van der Waals surface area contributed by atoms with E-state index in [2.05, 4.69) is 0 Å². The number of hydrogen-bond acceptors (Lipinski definition) is 4. The normalized spacial score (nSPS) is 20.8. The Balaban J connectivity index is 1.58. The van der Waals surface area contributed by atoms with E-state index in [0.717, 1.165) is 17.7 Å². The van der Waals surface area contributed by atoms with Gasteiger partial charge in [0.15, 0.2) is 0 Å². The highest BCUT2D eigenvalue weighted by molar-refractivity contribution is 5.90. The van der Waals surface area contributed by atoms with E-state index in [1.807, 2.05) is 12.1 Å². The van der Waals surface area contributed by atoms with Gasteiger partial charge in [0, 0.05) is 32.4 Å². The van der Waals surface area contributed by atoms with Gasteiger partial charge in [-0.25, -0.2) is 4.79 Å². The van der Waals surface area contributed by atoms with Crippen LogP contribution in [0.5, 0.6) is 5.75 Å². The lowest BCUT2D eigenvalue weighted by atomic mass is 10.1. The molecular formula is C15H17NO4. The third-order valence-electron chi connectivity index (χ3n) is 3.80. The number of carbonyl (C=O) groups excluding carboxylic acids is 2. The predicted octanol–water partition coefficient (Wildman–Crippen LogP) is 1.26. The van der Waals surface area contributed by atoms with Gasteiger partial charge in [-0.05, 0) is 23.8 Å². The molecule has 1 aromatic rings. The van der Waals surface area contributed by atoms with Crippen LogP contribution in [0.3, 0.4) is 0 Å². The molecule has 0 aliphatic carbocycles. The van der Waals surface area contributed by atoms with Crippen molar-refractivity contribution in [1.82, 2.24) is 4.90 Å². The van der Waals surface area contributed by atoms with Crippen molar-refractivity contribution in [3.8, 4) is 5.75 Å². The summed E-state index contributed by atoms with van der Waals surface area (Å²) in [5.74, 6) is 0.737. The number of hydrogen-bond donors (Lipinski definition) is 0. The second-order valence-corrected chi connectivity index (χ2v) is 5.36. The van der Waals surface area contributed by atoms with E-state index in [0.29, 0.717) is 31.7 Å². The first-order valence-corrected chi connectivity index (χ1v) is 6.80. The monoisotopic (exact) mass is 275 g/mol. The van der Waals surface area contributed by atoms with Crippen molar-refractivity contribution in [2.75, 3.05) is 26.8 Å². The van der Waals surface area contributed by atoms with E-state index in [1.54, 1.807) is 18.0 Å². The summed E-state index contributed by atoms with van der Waals surface area (Å²) in [4.78, 5) is 25.1. The van der Waals surface area contributed by atoms with Crippen LogP contribution in [-0.2, 0) is 16.0 Å². The van der Waals surface area contributed by atoms with Crippen LogP contribution in [0.15, 0.2) is 18.2 Å². The summed E-state index contributed by atoms with van der Waals surface area (Å²) in [5, 5.41) is 0. The molecule has 1 aromatic carbocycles. The zero-order valence-electron chi connectivity index (χ0n) is 11.4. The van der Waals surface area contributed by atoms with Gasteiger partial charge in [0.1, 0.15) is 5.75 Å². The van der Waals surface area contributed by atoms with Crippen LogP contribution in [0.2, 0.25) is 0 Å². The van der Waals surface area contributed by atoms with Crippen molar-refractivity contribution < 1.29 is 19.1 Å². The van der Waals surface area contributed by atoms with Gasteiger partial charge in [0.25, 0.3) is 0 Å². The molecule has 1 amide bonds. The summed E-state index contributed by atoms with van der Waals surface area (Å²) in [6.07, 6.45) is 1.29. The molecule has 0 saturated carbocycles. The van der Waals surface area contributed by atoms with Crippen molar-refractivity contribution in [3.05, 3.63) is 29.3 Å². The standard InChI is InChI=1S/C15H17NO4/c1-16-8-10(6-14(16)17)9-20-15(18)12-2-3-13-11(7-12)4-5-19-13/h2-3,7,10H,4-6,8-9H2,1H3.